The van der Waals surface area contributed by atoms with Crippen molar-refractivity contribution >= 4 is 17.7 Å². The van der Waals surface area contributed by atoms with E-state index in [0.29, 0.717) is 24.0 Å². The van der Waals surface area contributed by atoms with Crippen LogP contribution < -0.4 is 11.5 Å². The average molecular weight is 246 g/mol. The monoisotopic (exact) mass is 246 g/mol. The lowest BCUT2D eigenvalue weighted by atomic mass is 9.82. The molecule has 16 heavy (non-hydrogen) atoms. The van der Waals surface area contributed by atoms with Gasteiger partial charge < -0.3 is 16.6 Å². The first kappa shape index (κ1) is 13.8. The first-order valence-corrected chi connectivity index (χ1v) is 6.84. The molecule has 1 amide bonds. The topological polar surface area (TPSA) is 89.3 Å². The van der Waals surface area contributed by atoms with E-state index in [1.54, 1.807) is 11.8 Å². The minimum Gasteiger partial charge on any atom is -0.396 e. The number of hydrogen-bond donors (Lipinski definition) is 3. The Hall–Kier alpha value is -0.260. The summed E-state index contributed by atoms with van der Waals surface area (Å²) in [6.07, 6.45) is 3.43. The fraction of sp³-hybridized carbons (Fsp3) is 0.909. The number of carbonyl (C=O) groups is 1. The lowest BCUT2D eigenvalue weighted by molar-refractivity contribution is -0.124. The highest BCUT2D eigenvalue weighted by atomic mass is 32.2. The van der Waals surface area contributed by atoms with Crippen LogP contribution in [0.5, 0.6) is 0 Å². The molecule has 0 heterocycles. The summed E-state index contributed by atoms with van der Waals surface area (Å²) in [5.74, 6) is 0.830. The zero-order valence-corrected chi connectivity index (χ0v) is 10.6. The Morgan fingerprint density at radius 1 is 1.69 bits per heavy atom. The van der Waals surface area contributed by atoms with Crippen LogP contribution in [0.15, 0.2) is 0 Å². The first-order chi connectivity index (χ1) is 7.48. The molecule has 0 spiro atoms. The SMILES string of the molecule is CC(CO)CSC1CCCC(N)(C(N)=O)C1. The van der Waals surface area contributed by atoms with Crippen molar-refractivity contribution in [3.8, 4) is 0 Å². The van der Waals surface area contributed by atoms with E-state index in [9.17, 15) is 4.79 Å². The quantitative estimate of drug-likeness (QED) is 0.658. The predicted octanol–water partition coefficient (Wildman–Crippen LogP) is 0.473. The molecule has 1 aliphatic carbocycles. The minimum absolute atomic E-state index is 0.212. The van der Waals surface area contributed by atoms with Gasteiger partial charge in [0.2, 0.25) is 5.91 Å². The highest BCUT2D eigenvalue weighted by Gasteiger charge is 2.37. The Morgan fingerprint density at radius 2 is 2.38 bits per heavy atom. The van der Waals surface area contributed by atoms with Gasteiger partial charge in [-0.05, 0) is 37.4 Å². The number of carbonyl (C=O) groups excluding carboxylic acids is 1. The maximum absolute atomic E-state index is 11.3. The molecule has 5 N–H and O–H groups in total. The molecular weight excluding hydrogens is 224 g/mol. The molecule has 94 valence electrons. The molecule has 5 heteroatoms. The van der Waals surface area contributed by atoms with E-state index in [2.05, 4.69) is 0 Å². The van der Waals surface area contributed by atoms with Crippen molar-refractivity contribution < 1.29 is 9.90 Å². The predicted molar refractivity (Wildman–Crippen MR) is 67.1 cm³/mol. The van der Waals surface area contributed by atoms with Crippen LogP contribution in [0.25, 0.3) is 0 Å². The van der Waals surface area contributed by atoms with Gasteiger partial charge in [-0.2, -0.15) is 11.8 Å². The van der Waals surface area contributed by atoms with Crippen molar-refractivity contribution in [3.63, 3.8) is 0 Å². The van der Waals surface area contributed by atoms with Crippen molar-refractivity contribution in [2.75, 3.05) is 12.4 Å². The summed E-state index contributed by atoms with van der Waals surface area (Å²) in [5.41, 5.74) is 10.5. The van der Waals surface area contributed by atoms with Crippen LogP contribution >= 0.6 is 11.8 Å². The molecule has 1 aliphatic rings. The minimum atomic E-state index is -0.807. The van der Waals surface area contributed by atoms with Crippen molar-refractivity contribution in [2.45, 2.75) is 43.4 Å². The Bertz CT molecular complexity index is 250. The third-order valence-corrected chi connectivity index (χ3v) is 4.80. The largest absolute Gasteiger partial charge is 0.396 e. The smallest absolute Gasteiger partial charge is 0.237 e. The number of aliphatic hydroxyl groups is 1. The van der Waals surface area contributed by atoms with Gasteiger partial charge in [0.1, 0.15) is 0 Å². The van der Waals surface area contributed by atoms with Gasteiger partial charge in [0, 0.05) is 11.9 Å². The Balaban J connectivity index is 2.42. The second kappa shape index (κ2) is 5.89. The van der Waals surface area contributed by atoms with Crippen molar-refractivity contribution in [2.24, 2.45) is 17.4 Å². The van der Waals surface area contributed by atoms with E-state index in [0.717, 1.165) is 18.6 Å². The van der Waals surface area contributed by atoms with Gasteiger partial charge in [-0.1, -0.05) is 6.92 Å². The van der Waals surface area contributed by atoms with Gasteiger partial charge >= 0.3 is 0 Å². The number of hydrogen-bond acceptors (Lipinski definition) is 4. The van der Waals surface area contributed by atoms with Crippen LogP contribution in [-0.4, -0.2) is 34.2 Å². The van der Waals surface area contributed by atoms with Crippen LogP contribution in [-0.2, 0) is 4.79 Å². The fourth-order valence-corrected chi connectivity index (χ4v) is 3.43. The number of thioether (sulfide) groups is 1. The number of amides is 1. The van der Waals surface area contributed by atoms with Gasteiger partial charge in [0.25, 0.3) is 0 Å². The number of primary amides is 1. The number of nitrogens with two attached hydrogens (primary N) is 2. The lowest BCUT2D eigenvalue weighted by Gasteiger charge is -2.35. The molecule has 0 saturated heterocycles. The van der Waals surface area contributed by atoms with Gasteiger partial charge in [-0.3, -0.25) is 4.79 Å². The van der Waals surface area contributed by atoms with Gasteiger partial charge in [0.05, 0.1) is 5.54 Å². The molecule has 4 nitrogen and oxygen atoms in total. The van der Waals surface area contributed by atoms with Crippen LogP contribution in [0.2, 0.25) is 0 Å². The van der Waals surface area contributed by atoms with Crippen LogP contribution in [0.4, 0.5) is 0 Å². The Labute approximate surface area is 101 Å². The molecule has 3 unspecified atom stereocenters. The fourth-order valence-electron chi connectivity index (χ4n) is 1.97. The normalized spacial score (nSPS) is 32.3. The maximum Gasteiger partial charge on any atom is 0.237 e. The van der Waals surface area contributed by atoms with E-state index in [4.69, 9.17) is 16.6 Å². The molecule has 1 rings (SSSR count). The molecular formula is C11H22N2O2S. The highest BCUT2D eigenvalue weighted by Crippen LogP contribution is 2.34. The number of aliphatic hydroxyl groups excluding tert-OH is 1. The summed E-state index contributed by atoms with van der Waals surface area (Å²) in [6.45, 7) is 2.23. The van der Waals surface area contributed by atoms with Crippen LogP contribution in [0, 0.1) is 5.92 Å². The standard InChI is InChI=1S/C11H22N2O2S/c1-8(6-14)7-16-9-3-2-4-11(13,5-9)10(12)15/h8-9,14H,2-7,13H2,1H3,(H2,12,15). The summed E-state index contributed by atoms with van der Waals surface area (Å²) in [6, 6.07) is 0. The van der Waals surface area contributed by atoms with E-state index < -0.39 is 5.54 Å². The second-order valence-corrected chi connectivity index (χ2v) is 6.19. The van der Waals surface area contributed by atoms with Crippen molar-refractivity contribution in [1.29, 1.82) is 0 Å². The molecule has 0 aliphatic heterocycles. The van der Waals surface area contributed by atoms with Gasteiger partial charge in [0.15, 0.2) is 0 Å². The molecule has 1 fully saturated rings. The van der Waals surface area contributed by atoms with Crippen molar-refractivity contribution in [3.05, 3.63) is 0 Å². The van der Waals surface area contributed by atoms with E-state index in [1.807, 2.05) is 6.92 Å². The summed E-state index contributed by atoms with van der Waals surface area (Å²) in [4.78, 5) is 11.3. The third kappa shape index (κ3) is 3.64. The summed E-state index contributed by atoms with van der Waals surface area (Å²) < 4.78 is 0. The third-order valence-electron chi connectivity index (χ3n) is 3.16. The second-order valence-electron chi connectivity index (χ2n) is 4.86. The van der Waals surface area contributed by atoms with E-state index >= 15 is 0 Å². The molecule has 0 aromatic heterocycles. The summed E-state index contributed by atoms with van der Waals surface area (Å²) >= 11 is 1.80. The molecule has 0 bridgehead atoms. The average Bonchev–Trinajstić information content (AvgIpc) is 2.26. The van der Waals surface area contributed by atoms with Gasteiger partial charge in [-0.25, -0.2) is 0 Å². The number of rotatable bonds is 5. The molecule has 0 aromatic carbocycles. The Kier molecular flexibility index (Phi) is 5.08. The summed E-state index contributed by atoms with van der Waals surface area (Å²) in [7, 11) is 0. The van der Waals surface area contributed by atoms with E-state index in [1.165, 1.54) is 0 Å². The zero-order valence-electron chi connectivity index (χ0n) is 9.82. The lowest BCUT2D eigenvalue weighted by Crippen LogP contribution is -2.55. The highest BCUT2D eigenvalue weighted by molar-refractivity contribution is 7.99. The van der Waals surface area contributed by atoms with E-state index in [-0.39, 0.29) is 12.5 Å². The van der Waals surface area contributed by atoms with Gasteiger partial charge in [-0.15, -0.1) is 0 Å². The molecule has 0 radical (unpaired) electrons. The molecule has 0 aromatic rings. The summed E-state index contributed by atoms with van der Waals surface area (Å²) in [5, 5.41) is 9.35. The van der Waals surface area contributed by atoms with Crippen molar-refractivity contribution in [1.82, 2.24) is 0 Å². The first-order valence-electron chi connectivity index (χ1n) is 5.79. The van der Waals surface area contributed by atoms with Crippen LogP contribution in [0.1, 0.15) is 32.6 Å². The molecule has 3 atom stereocenters. The van der Waals surface area contributed by atoms with Crippen LogP contribution in [0.3, 0.4) is 0 Å². The zero-order chi connectivity index (χ0) is 12.2. The Morgan fingerprint density at radius 3 is 2.94 bits per heavy atom. The molecule has 1 saturated carbocycles. The maximum atomic E-state index is 11.3.